The molecule has 20 heavy (non-hydrogen) atoms. The minimum atomic E-state index is 0.427. The van der Waals surface area contributed by atoms with Crippen molar-refractivity contribution in [1.82, 2.24) is 0 Å². The van der Waals surface area contributed by atoms with Gasteiger partial charge >= 0.3 is 0 Å². The molecule has 2 aromatic carbocycles. The molecule has 0 saturated heterocycles. The topological polar surface area (TPSA) is 9.23 Å². The molecule has 0 aliphatic carbocycles. The molecule has 2 aromatic rings. The van der Waals surface area contributed by atoms with E-state index in [9.17, 15) is 0 Å². The highest BCUT2D eigenvalue weighted by atomic mass is 79.9. The van der Waals surface area contributed by atoms with Gasteiger partial charge in [-0.05, 0) is 48.6 Å². The third-order valence-corrected chi connectivity index (χ3v) is 4.20. The van der Waals surface area contributed by atoms with Crippen molar-refractivity contribution in [3.63, 3.8) is 0 Å². The molecule has 0 fully saturated rings. The van der Waals surface area contributed by atoms with E-state index >= 15 is 0 Å². The number of hydrogen-bond donors (Lipinski definition) is 0. The van der Waals surface area contributed by atoms with Gasteiger partial charge in [-0.15, -0.1) is 0 Å². The number of benzene rings is 2. The summed E-state index contributed by atoms with van der Waals surface area (Å²) in [7, 11) is 0. The Hall–Kier alpha value is -1.28. The molecule has 0 aliphatic heterocycles. The summed E-state index contributed by atoms with van der Waals surface area (Å²) in [6, 6.07) is 18.2. The number of ether oxygens (including phenoxy) is 1. The molecule has 1 unspecified atom stereocenters. The van der Waals surface area contributed by atoms with E-state index in [1.165, 1.54) is 12.0 Å². The van der Waals surface area contributed by atoms with Crippen LogP contribution in [0, 0.1) is 5.92 Å². The fourth-order valence-corrected chi connectivity index (χ4v) is 2.59. The normalized spacial score (nSPS) is 12.4. The predicted octanol–water partition coefficient (Wildman–Crippen LogP) is 6.35. The van der Waals surface area contributed by atoms with Crippen LogP contribution in [0.15, 0.2) is 54.6 Å². The first-order valence-electron chi connectivity index (χ1n) is 7.12. The molecule has 0 bridgehead atoms. The monoisotopic (exact) mass is 332 g/mol. The Balaban J connectivity index is 1.96. The van der Waals surface area contributed by atoms with Crippen LogP contribution in [0.1, 0.15) is 37.1 Å². The van der Waals surface area contributed by atoms with Crippen molar-refractivity contribution in [3.05, 3.63) is 60.2 Å². The molecule has 2 heteroatoms. The van der Waals surface area contributed by atoms with E-state index in [1.54, 1.807) is 0 Å². The van der Waals surface area contributed by atoms with Crippen LogP contribution in [0.25, 0.3) is 0 Å². The van der Waals surface area contributed by atoms with Crippen LogP contribution in [-0.4, -0.2) is 0 Å². The minimum Gasteiger partial charge on any atom is -0.457 e. The Morgan fingerprint density at radius 3 is 2.05 bits per heavy atom. The van der Waals surface area contributed by atoms with Crippen LogP contribution >= 0.6 is 15.9 Å². The Kier molecular flexibility index (Phi) is 5.66. The van der Waals surface area contributed by atoms with Gasteiger partial charge in [0.25, 0.3) is 0 Å². The lowest BCUT2D eigenvalue weighted by atomic mass is 10.0. The third-order valence-electron chi connectivity index (χ3n) is 3.22. The van der Waals surface area contributed by atoms with Gasteiger partial charge in [0, 0.05) is 4.83 Å². The van der Waals surface area contributed by atoms with Gasteiger partial charge in [-0.1, -0.05) is 60.1 Å². The average Bonchev–Trinajstić information content (AvgIpc) is 2.46. The fraction of sp³-hybridized carbons (Fsp3) is 0.333. The smallest absolute Gasteiger partial charge is 0.127 e. The molecule has 1 nitrogen and oxygen atoms in total. The molecule has 1 atom stereocenters. The Morgan fingerprint density at radius 2 is 1.45 bits per heavy atom. The number of halogens is 1. The second kappa shape index (κ2) is 7.49. The first-order chi connectivity index (χ1) is 9.65. The van der Waals surface area contributed by atoms with Crippen LogP contribution in [0.4, 0.5) is 0 Å². The Morgan fingerprint density at radius 1 is 0.850 bits per heavy atom. The quantitative estimate of drug-likeness (QED) is 0.560. The molecular formula is C18H21BrO. The van der Waals surface area contributed by atoms with E-state index in [-0.39, 0.29) is 0 Å². The molecule has 0 spiro atoms. The maximum atomic E-state index is 5.80. The lowest BCUT2D eigenvalue weighted by molar-refractivity contribution is 0.482. The van der Waals surface area contributed by atoms with Gasteiger partial charge in [-0.3, -0.25) is 0 Å². The van der Waals surface area contributed by atoms with Crippen molar-refractivity contribution in [2.45, 2.75) is 31.5 Å². The van der Waals surface area contributed by atoms with Crippen LogP contribution in [0.5, 0.6) is 11.5 Å². The summed E-state index contributed by atoms with van der Waals surface area (Å²) in [6.45, 7) is 4.52. The highest BCUT2D eigenvalue weighted by Crippen LogP contribution is 2.31. The standard InChI is InChI=1S/C18H21BrO/c1-14(2)8-13-18(19)15-9-11-17(12-10-15)20-16-6-4-3-5-7-16/h3-7,9-12,14,18H,8,13H2,1-2H3. The van der Waals surface area contributed by atoms with Crippen molar-refractivity contribution in [3.8, 4) is 11.5 Å². The summed E-state index contributed by atoms with van der Waals surface area (Å²) in [6.07, 6.45) is 2.40. The SMILES string of the molecule is CC(C)CCC(Br)c1ccc(Oc2ccccc2)cc1. The molecule has 0 radical (unpaired) electrons. The second-order valence-electron chi connectivity index (χ2n) is 5.42. The molecular weight excluding hydrogens is 312 g/mol. The first kappa shape index (κ1) is 15.1. The zero-order valence-electron chi connectivity index (χ0n) is 12.1. The van der Waals surface area contributed by atoms with Gasteiger partial charge in [0.15, 0.2) is 0 Å². The van der Waals surface area contributed by atoms with Crippen LogP contribution < -0.4 is 4.74 Å². The van der Waals surface area contributed by atoms with Crippen LogP contribution in [-0.2, 0) is 0 Å². The molecule has 0 N–H and O–H groups in total. The van der Waals surface area contributed by atoms with Crippen LogP contribution in [0.3, 0.4) is 0 Å². The molecule has 0 heterocycles. The first-order valence-corrected chi connectivity index (χ1v) is 8.03. The van der Waals surface area contributed by atoms with E-state index in [0.29, 0.717) is 4.83 Å². The summed E-state index contributed by atoms with van der Waals surface area (Å²) in [5, 5.41) is 0. The van der Waals surface area contributed by atoms with E-state index < -0.39 is 0 Å². The predicted molar refractivity (Wildman–Crippen MR) is 88.7 cm³/mol. The minimum absolute atomic E-state index is 0.427. The van der Waals surface area contributed by atoms with Gasteiger partial charge < -0.3 is 4.74 Å². The van der Waals surface area contributed by atoms with Crippen molar-refractivity contribution in [2.24, 2.45) is 5.92 Å². The second-order valence-corrected chi connectivity index (χ2v) is 6.53. The Labute approximate surface area is 130 Å². The fourth-order valence-electron chi connectivity index (χ4n) is 2.02. The van der Waals surface area contributed by atoms with Gasteiger partial charge in [-0.25, -0.2) is 0 Å². The molecule has 0 aliphatic rings. The third kappa shape index (κ3) is 4.68. The van der Waals surface area contributed by atoms with Crippen LogP contribution in [0.2, 0.25) is 0 Å². The van der Waals surface area contributed by atoms with Gasteiger partial charge in [-0.2, -0.15) is 0 Å². The Bertz CT molecular complexity index is 505. The summed E-state index contributed by atoms with van der Waals surface area (Å²) in [5.74, 6) is 2.50. The zero-order chi connectivity index (χ0) is 14.4. The molecule has 2 rings (SSSR count). The lowest BCUT2D eigenvalue weighted by Crippen LogP contribution is -1.94. The highest BCUT2D eigenvalue weighted by Gasteiger charge is 2.08. The maximum absolute atomic E-state index is 5.80. The van der Waals surface area contributed by atoms with E-state index in [4.69, 9.17) is 4.74 Å². The summed E-state index contributed by atoms with van der Waals surface area (Å²) in [4.78, 5) is 0.427. The number of rotatable bonds is 6. The zero-order valence-corrected chi connectivity index (χ0v) is 13.6. The molecule has 106 valence electrons. The maximum Gasteiger partial charge on any atom is 0.127 e. The van der Waals surface area contributed by atoms with E-state index in [1.807, 2.05) is 42.5 Å². The molecule has 0 aromatic heterocycles. The number of para-hydroxylation sites is 1. The van der Waals surface area contributed by atoms with E-state index in [0.717, 1.165) is 23.8 Å². The van der Waals surface area contributed by atoms with E-state index in [2.05, 4.69) is 41.9 Å². The summed E-state index contributed by atoms with van der Waals surface area (Å²) >= 11 is 3.77. The summed E-state index contributed by atoms with van der Waals surface area (Å²) < 4.78 is 5.80. The average molecular weight is 333 g/mol. The number of alkyl halides is 1. The van der Waals surface area contributed by atoms with Gasteiger partial charge in [0.05, 0.1) is 0 Å². The highest BCUT2D eigenvalue weighted by molar-refractivity contribution is 9.09. The largest absolute Gasteiger partial charge is 0.457 e. The van der Waals surface area contributed by atoms with Gasteiger partial charge in [0.1, 0.15) is 11.5 Å². The molecule has 0 amide bonds. The van der Waals surface area contributed by atoms with Crippen molar-refractivity contribution in [1.29, 1.82) is 0 Å². The number of hydrogen-bond acceptors (Lipinski definition) is 1. The van der Waals surface area contributed by atoms with Gasteiger partial charge in [0.2, 0.25) is 0 Å². The van der Waals surface area contributed by atoms with Crippen molar-refractivity contribution in [2.75, 3.05) is 0 Å². The summed E-state index contributed by atoms with van der Waals surface area (Å²) in [5.41, 5.74) is 1.31. The van der Waals surface area contributed by atoms with Crippen molar-refractivity contribution >= 4 is 15.9 Å². The lowest BCUT2D eigenvalue weighted by Gasteiger charge is -2.12. The van der Waals surface area contributed by atoms with Crippen molar-refractivity contribution < 1.29 is 4.74 Å². The molecule has 0 saturated carbocycles.